The van der Waals surface area contributed by atoms with Crippen molar-refractivity contribution >= 4 is 0 Å². The minimum atomic E-state index is 0.139. The Morgan fingerprint density at radius 3 is 2.78 bits per heavy atom. The van der Waals surface area contributed by atoms with Gasteiger partial charge < -0.3 is 11.1 Å². The smallest absolute Gasteiger partial charge is 0.0672 e. The van der Waals surface area contributed by atoms with Crippen LogP contribution in [0.5, 0.6) is 0 Å². The van der Waals surface area contributed by atoms with Gasteiger partial charge in [-0.1, -0.05) is 30.7 Å². The molecule has 0 amide bonds. The van der Waals surface area contributed by atoms with E-state index in [1.54, 1.807) is 0 Å². The first-order valence-electron chi connectivity index (χ1n) is 6.79. The maximum Gasteiger partial charge on any atom is 0.0672 e. The van der Waals surface area contributed by atoms with Crippen molar-refractivity contribution in [3.05, 3.63) is 35.4 Å². The second-order valence-corrected chi connectivity index (χ2v) is 5.46. The summed E-state index contributed by atoms with van der Waals surface area (Å²) in [7, 11) is 0. The second-order valence-electron chi connectivity index (χ2n) is 5.46. The predicted octanol–water partition coefficient (Wildman–Crippen LogP) is 2.41. The molecule has 0 aliphatic heterocycles. The third kappa shape index (κ3) is 1.92. The summed E-state index contributed by atoms with van der Waals surface area (Å²) in [4.78, 5) is 0. The molecule has 0 heterocycles. The molecule has 2 aliphatic rings. The van der Waals surface area contributed by atoms with Crippen LogP contribution in [0, 0.1) is 17.2 Å². The standard InChI is InChI=1S/C15H19N3/c16-9-10-4-3-7-14(10)18-15-8-13(17)11-5-1-2-6-12(11)15/h1-2,5-6,10,13-15,18H,3-4,7-8,17H2. The predicted molar refractivity (Wildman–Crippen MR) is 70.6 cm³/mol. The van der Waals surface area contributed by atoms with Gasteiger partial charge in [-0.2, -0.15) is 5.26 Å². The number of nitrogens with two attached hydrogens (primary N) is 1. The molecule has 94 valence electrons. The van der Waals surface area contributed by atoms with Crippen LogP contribution < -0.4 is 11.1 Å². The zero-order valence-corrected chi connectivity index (χ0v) is 10.5. The minimum absolute atomic E-state index is 0.139. The summed E-state index contributed by atoms with van der Waals surface area (Å²) in [5, 5.41) is 12.8. The summed E-state index contributed by atoms with van der Waals surface area (Å²) >= 11 is 0. The molecule has 1 fully saturated rings. The topological polar surface area (TPSA) is 61.8 Å². The van der Waals surface area contributed by atoms with E-state index < -0.39 is 0 Å². The summed E-state index contributed by atoms with van der Waals surface area (Å²) in [6.07, 6.45) is 4.27. The summed E-state index contributed by atoms with van der Waals surface area (Å²) in [5.41, 5.74) is 8.77. The highest BCUT2D eigenvalue weighted by molar-refractivity contribution is 5.37. The highest BCUT2D eigenvalue weighted by atomic mass is 15.0. The van der Waals surface area contributed by atoms with Crippen LogP contribution in [0.25, 0.3) is 0 Å². The monoisotopic (exact) mass is 241 g/mol. The molecule has 0 spiro atoms. The summed E-state index contributed by atoms with van der Waals surface area (Å²) in [5.74, 6) is 0.175. The first kappa shape index (κ1) is 11.7. The average molecular weight is 241 g/mol. The number of benzene rings is 1. The number of nitrogens with one attached hydrogen (secondary N) is 1. The Bertz CT molecular complexity index is 477. The Kier molecular flexibility index (Phi) is 3.07. The number of hydrogen-bond acceptors (Lipinski definition) is 3. The maximum absolute atomic E-state index is 9.14. The molecule has 1 aromatic carbocycles. The maximum atomic E-state index is 9.14. The van der Waals surface area contributed by atoms with E-state index in [9.17, 15) is 0 Å². The van der Waals surface area contributed by atoms with Crippen LogP contribution in [-0.2, 0) is 0 Å². The van der Waals surface area contributed by atoms with Crippen molar-refractivity contribution < 1.29 is 0 Å². The highest BCUT2D eigenvalue weighted by Gasteiger charge is 2.33. The van der Waals surface area contributed by atoms with Crippen molar-refractivity contribution in [2.75, 3.05) is 0 Å². The van der Waals surface area contributed by atoms with Gasteiger partial charge >= 0.3 is 0 Å². The second kappa shape index (κ2) is 4.72. The molecule has 0 aromatic heterocycles. The lowest BCUT2D eigenvalue weighted by atomic mass is 10.0. The normalized spacial score (nSPS) is 34.2. The van der Waals surface area contributed by atoms with E-state index in [4.69, 9.17) is 11.0 Å². The Morgan fingerprint density at radius 2 is 2.00 bits per heavy atom. The quantitative estimate of drug-likeness (QED) is 0.835. The van der Waals surface area contributed by atoms with Gasteiger partial charge in [-0.15, -0.1) is 0 Å². The first-order valence-corrected chi connectivity index (χ1v) is 6.79. The van der Waals surface area contributed by atoms with Crippen LogP contribution in [0.2, 0.25) is 0 Å². The molecular weight excluding hydrogens is 222 g/mol. The van der Waals surface area contributed by atoms with Crippen molar-refractivity contribution in [1.82, 2.24) is 5.32 Å². The van der Waals surface area contributed by atoms with Gasteiger partial charge in [-0.25, -0.2) is 0 Å². The van der Waals surface area contributed by atoms with Crippen LogP contribution in [0.1, 0.15) is 48.9 Å². The largest absolute Gasteiger partial charge is 0.324 e. The minimum Gasteiger partial charge on any atom is -0.324 e. The molecule has 1 aromatic rings. The average Bonchev–Trinajstić information content (AvgIpc) is 2.96. The number of nitriles is 1. The van der Waals surface area contributed by atoms with Gasteiger partial charge in [0.15, 0.2) is 0 Å². The third-order valence-corrected chi connectivity index (χ3v) is 4.36. The molecule has 0 radical (unpaired) electrons. The number of hydrogen-bond donors (Lipinski definition) is 2. The lowest BCUT2D eigenvalue weighted by Crippen LogP contribution is -2.34. The number of fused-ring (bicyclic) bond motifs is 1. The van der Waals surface area contributed by atoms with Crippen molar-refractivity contribution in [2.45, 2.75) is 43.8 Å². The summed E-state index contributed by atoms with van der Waals surface area (Å²) in [6, 6.07) is 11.7. The first-order chi connectivity index (χ1) is 8.79. The van der Waals surface area contributed by atoms with Gasteiger partial charge in [-0.05, 0) is 30.4 Å². The van der Waals surface area contributed by atoms with E-state index >= 15 is 0 Å². The zero-order valence-electron chi connectivity index (χ0n) is 10.5. The van der Waals surface area contributed by atoms with Gasteiger partial charge in [0, 0.05) is 18.1 Å². The van der Waals surface area contributed by atoms with E-state index in [0.29, 0.717) is 12.1 Å². The summed E-state index contributed by atoms with van der Waals surface area (Å²) in [6.45, 7) is 0. The Hall–Kier alpha value is -1.37. The van der Waals surface area contributed by atoms with Crippen LogP contribution in [0.3, 0.4) is 0 Å². The molecular formula is C15H19N3. The van der Waals surface area contributed by atoms with Gasteiger partial charge in [0.2, 0.25) is 0 Å². The van der Waals surface area contributed by atoms with Gasteiger partial charge in [0.05, 0.1) is 12.0 Å². The van der Waals surface area contributed by atoms with Crippen LogP contribution in [0.4, 0.5) is 0 Å². The van der Waals surface area contributed by atoms with E-state index in [0.717, 1.165) is 25.7 Å². The fraction of sp³-hybridized carbons (Fsp3) is 0.533. The van der Waals surface area contributed by atoms with Crippen LogP contribution in [0.15, 0.2) is 24.3 Å². The lowest BCUT2D eigenvalue weighted by Gasteiger charge is -2.22. The van der Waals surface area contributed by atoms with Crippen LogP contribution in [-0.4, -0.2) is 6.04 Å². The SMILES string of the molecule is N#CC1CCCC1NC1CC(N)c2ccccc21. The van der Waals surface area contributed by atoms with Crippen molar-refractivity contribution in [1.29, 1.82) is 5.26 Å². The third-order valence-electron chi connectivity index (χ3n) is 4.36. The Labute approximate surface area is 108 Å². The molecule has 4 unspecified atom stereocenters. The van der Waals surface area contributed by atoms with Gasteiger partial charge in [0.25, 0.3) is 0 Å². The van der Waals surface area contributed by atoms with E-state index in [1.807, 2.05) is 0 Å². The van der Waals surface area contributed by atoms with Crippen LogP contribution >= 0.6 is 0 Å². The number of nitrogens with zero attached hydrogens (tertiary/aromatic N) is 1. The molecule has 18 heavy (non-hydrogen) atoms. The van der Waals surface area contributed by atoms with Gasteiger partial charge in [0.1, 0.15) is 0 Å². The molecule has 3 N–H and O–H groups in total. The van der Waals surface area contributed by atoms with Gasteiger partial charge in [-0.3, -0.25) is 0 Å². The van der Waals surface area contributed by atoms with Crippen molar-refractivity contribution in [2.24, 2.45) is 11.7 Å². The van der Waals surface area contributed by atoms with E-state index in [2.05, 4.69) is 35.7 Å². The fourth-order valence-electron chi connectivity index (χ4n) is 3.40. The highest BCUT2D eigenvalue weighted by Crippen LogP contribution is 2.38. The van der Waals surface area contributed by atoms with Crippen molar-refractivity contribution in [3.63, 3.8) is 0 Å². The van der Waals surface area contributed by atoms with E-state index in [1.165, 1.54) is 11.1 Å². The molecule has 3 rings (SSSR count). The molecule has 2 aliphatic carbocycles. The Balaban J connectivity index is 1.77. The molecule has 0 saturated heterocycles. The molecule has 1 saturated carbocycles. The zero-order chi connectivity index (χ0) is 12.5. The molecule has 0 bridgehead atoms. The fourth-order valence-corrected chi connectivity index (χ4v) is 3.40. The lowest BCUT2D eigenvalue weighted by molar-refractivity contribution is 0.390. The van der Waals surface area contributed by atoms with E-state index in [-0.39, 0.29) is 12.0 Å². The molecule has 3 nitrogen and oxygen atoms in total. The molecule has 4 atom stereocenters. The van der Waals surface area contributed by atoms with Crippen molar-refractivity contribution in [3.8, 4) is 6.07 Å². The Morgan fingerprint density at radius 1 is 1.22 bits per heavy atom. The summed E-state index contributed by atoms with van der Waals surface area (Å²) < 4.78 is 0. The molecule has 3 heteroatoms. The number of rotatable bonds is 2.